The van der Waals surface area contributed by atoms with Crippen molar-refractivity contribution in [1.29, 1.82) is 0 Å². The van der Waals surface area contributed by atoms with E-state index in [0.29, 0.717) is 6.42 Å². The van der Waals surface area contributed by atoms with Gasteiger partial charge in [-0.05, 0) is 49.8 Å². The molecule has 1 aliphatic heterocycles. The first kappa shape index (κ1) is 15.7. The SMILES string of the molecule is Cc1n[nH]c(C)c1C(C)CC(=O)N1CCCC1c1cccnc1. The molecule has 2 atom stereocenters. The standard InChI is InChI=1S/C18H24N4O/c1-12(18-13(2)20-21-14(18)3)10-17(23)22-9-5-7-16(22)15-6-4-8-19-11-15/h4,6,8,11-12,16H,5,7,9-10H2,1-3H3,(H,20,21). The lowest BCUT2D eigenvalue weighted by Gasteiger charge is -2.26. The van der Waals surface area contributed by atoms with Crippen LogP contribution in [-0.2, 0) is 4.79 Å². The minimum atomic E-state index is 0.176. The van der Waals surface area contributed by atoms with Gasteiger partial charge in [-0.2, -0.15) is 5.10 Å². The molecule has 0 bridgehead atoms. The molecule has 0 radical (unpaired) electrons. The maximum atomic E-state index is 12.8. The summed E-state index contributed by atoms with van der Waals surface area (Å²) in [6.07, 6.45) is 6.26. The van der Waals surface area contributed by atoms with Crippen molar-refractivity contribution in [3.8, 4) is 0 Å². The highest BCUT2D eigenvalue weighted by atomic mass is 16.2. The third-order valence-electron chi connectivity index (χ3n) is 4.80. The van der Waals surface area contributed by atoms with Crippen LogP contribution in [0.2, 0.25) is 0 Å². The number of H-pyrrole nitrogens is 1. The number of carbonyl (C=O) groups excluding carboxylic acids is 1. The van der Waals surface area contributed by atoms with Gasteiger partial charge in [0.15, 0.2) is 0 Å². The average molecular weight is 312 g/mol. The number of aryl methyl sites for hydroxylation is 2. The predicted octanol–water partition coefficient (Wildman–Crippen LogP) is 3.28. The topological polar surface area (TPSA) is 61.9 Å². The van der Waals surface area contributed by atoms with E-state index in [9.17, 15) is 4.79 Å². The molecular weight excluding hydrogens is 288 g/mol. The van der Waals surface area contributed by atoms with Crippen molar-refractivity contribution in [2.45, 2.75) is 52.0 Å². The molecule has 0 saturated carbocycles. The number of hydrogen-bond donors (Lipinski definition) is 1. The predicted molar refractivity (Wildman–Crippen MR) is 89.0 cm³/mol. The zero-order valence-corrected chi connectivity index (χ0v) is 14.0. The second-order valence-electron chi connectivity index (χ2n) is 6.48. The third-order valence-corrected chi connectivity index (χ3v) is 4.80. The minimum Gasteiger partial charge on any atom is -0.336 e. The Balaban J connectivity index is 1.72. The molecule has 1 N–H and O–H groups in total. The van der Waals surface area contributed by atoms with Gasteiger partial charge in [-0.1, -0.05) is 13.0 Å². The minimum absolute atomic E-state index is 0.176. The van der Waals surface area contributed by atoms with E-state index in [2.05, 4.69) is 28.2 Å². The van der Waals surface area contributed by atoms with Crippen molar-refractivity contribution in [2.24, 2.45) is 0 Å². The fourth-order valence-corrected chi connectivity index (χ4v) is 3.75. The Bertz CT molecular complexity index is 660. The number of pyridine rings is 1. The Labute approximate surface area is 137 Å². The van der Waals surface area contributed by atoms with Gasteiger partial charge >= 0.3 is 0 Å². The van der Waals surface area contributed by atoms with Crippen LogP contribution in [-0.4, -0.2) is 32.5 Å². The summed E-state index contributed by atoms with van der Waals surface area (Å²) in [5.74, 6) is 0.403. The van der Waals surface area contributed by atoms with E-state index in [-0.39, 0.29) is 17.9 Å². The summed E-state index contributed by atoms with van der Waals surface area (Å²) >= 11 is 0. The highest BCUT2D eigenvalue weighted by molar-refractivity contribution is 5.78. The van der Waals surface area contributed by atoms with Crippen LogP contribution in [0, 0.1) is 13.8 Å². The Morgan fingerprint density at radius 1 is 1.48 bits per heavy atom. The van der Waals surface area contributed by atoms with E-state index in [4.69, 9.17) is 0 Å². The first-order chi connectivity index (χ1) is 11.1. The summed E-state index contributed by atoms with van der Waals surface area (Å²) in [6.45, 7) is 6.96. The fourth-order valence-electron chi connectivity index (χ4n) is 3.75. The first-order valence-electron chi connectivity index (χ1n) is 8.28. The highest BCUT2D eigenvalue weighted by Gasteiger charge is 2.31. The normalized spacial score (nSPS) is 19.1. The lowest BCUT2D eigenvalue weighted by atomic mass is 9.95. The van der Waals surface area contributed by atoms with Crippen molar-refractivity contribution >= 4 is 5.91 Å². The molecule has 5 nitrogen and oxygen atoms in total. The smallest absolute Gasteiger partial charge is 0.223 e. The molecule has 122 valence electrons. The molecule has 2 unspecified atom stereocenters. The van der Waals surface area contributed by atoms with E-state index < -0.39 is 0 Å². The van der Waals surface area contributed by atoms with E-state index >= 15 is 0 Å². The summed E-state index contributed by atoms with van der Waals surface area (Å²) in [7, 11) is 0. The van der Waals surface area contributed by atoms with E-state index in [1.54, 1.807) is 6.20 Å². The molecule has 5 heteroatoms. The summed E-state index contributed by atoms with van der Waals surface area (Å²) < 4.78 is 0. The molecular formula is C18H24N4O. The van der Waals surface area contributed by atoms with Gasteiger partial charge in [-0.3, -0.25) is 14.9 Å². The van der Waals surface area contributed by atoms with Crippen molar-refractivity contribution < 1.29 is 4.79 Å². The van der Waals surface area contributed by atoms with Gasteiger partial charge in [0.05, 0.1) is 11.7 Å². The van der Waals surface area contributed by atoms with Crippen molar-refractivity contribution in [2.75, 3.05) is 6.54 Å². The first-order valence-corrected chi connectivity index (χ1v) is 8.28. The number of likely N-dealkylation sites (tertiary alicyclic amines) is 1. The second kappa shape index (κ2) is 6.52. The number of nitrogens with one attached hydrogen (secondary N) is 1. The maximum Gasteiger partial charge on any atom is 0.223 e. The number of carbonyl (C=O) groups is 1. The van der Waals surface area contributed by atoms with Crippen LogP contribution in [0.15, 0.2) is 24.5 Å². The van der Waals surface area contributed by atoms with Crippen molar-refractivity contribution in [3.05, 3.63) is 47.0 Å². The lowest BCUT2D eigenvalue weighted by Crippen LogP contribution is -2.31. The van der Waals surface area contributed by atoms with E-state index in [1.807, 2.05) is 31.0 Å². The summed E-state index contributed by atoms with van der Waals surface area (Å²) in [4.78, 5) is 19.1. The number of hydrogen-bond acceptors (Lipinski definition) is 3. The van der Waals surface area contributed by atoms with Gasteiger partial charge in [0.25, 0.3) is 0 Å². The molecule has 2 aromatic heterocycles. The Morgan fingerprint density at radius 3 is 2.96 bits per heavy atom. The quantitative estimate of drug-likeness (QED) is 0.942. The Morgan fingerprint density at radius 2 is 2.30 bits per heavy atom. The largest absolute Gasteiger partial charge is 0.336 e. The Kier molecular flexibility index (Phi) is 4.46. The number of aromatic amines is 1. The molecule has 0 spiro atoms. The number of amides is 1. The van der Waals surface area contributed by atoms with E-state index in [1.165, 1.54) is 5.56 Å². The van der Waals surface area contributed by atoms with Crippen LogP contribution >= 0.6 is 0 Å². The zero-order chi connectivity index (χ0) is 16.4. The molecule has 23 heavy (non-hydrogen) atoms. The molecule has 0 aliphatic carbocycles. The number of rotatable bonds is 4. The maximum absolute atomic E-state index is 12.8. The van der Waals surface area contributed by atoms with Crippen molar-refractivity contribution in [1.82, 2.24) is 20.1 Å². The third kappa shape index (κ3) is 3.14. The van der Waals surface area contributed by atoms with Gasteiger partial charge in [0.1, 0.15) is 0 Å². The van der Waals surface area contributed by atoms with Gasteiger partial charge in [0.2, 0.25) is 5.91 Å². The van der Waals surface area contributed by atoms with Crippen LogP contribution in [0.25, 0.3) is 0 Å². The summed E-state index contributed by atoms with van der Waals surface area (Å²) in [5, 5.41) is 7.26. The van der Waals surface area contributed by atoms with Crippen LogP contribution in [0.4, 0.5) is 0 Å². The van der Waals surface area contributed by atoms with Crippen LogP contribution in [0.5, 0.6) is 0 Å². The zero-order valence-electron chi connectivity index (χ0n) is 14.0. The van der Waals surface area contributed by atoms with Crippen molar-refractivity contribution in [3.63, 3.8) is 0 Å². The van der Waals surface area contributed by atoms with Crippen LogP contribution in [0.1, 0.15) is 60.7 Å². The van der Waals surface area contributed by atoms with Gasteiger partial charge in [-0.25, -0.2) is 0 Å². The second-order valence-corrected chi connectivity index (χ2v) is 6.48. The number of aromatic nitrogens is 3. The molecule has 1 saturated heterocycles. The van der Waals surface area contributed by atoms with E-state index in [0.717, 1.165) is 36.3 Å². The molecule has 1 aliphatic rings. The molecule has 3 rings (SSSR count). The monoisotopic (exact) mass is 312 g/mol. The van der Waals surface area contributed by atoms with Gasteiger partial charge in [-0.15, -0.1) is 0 Å². The summed E-state index contributed by atoms with van der Waals surface area (Å²) in [5.41, 5.74) is 4.37. The van der Waals surface area contributed by atoms with Gasteiger partial charge in [0, 0.05) is 31.1 Å². The van der Waals surface area contributed by atoms with Gasteiger partial charge < -0.3 is 4.90 Å². The fraction of sp³-hybridized carbons (Fsp3) is 0.500. The van der Waals surface area contributed by atoms with Crippen LogP contribution < -0.4 is 0 Å². The Hall–Kier alpha value is -2.17. The summed E-state index contributed by atoms with van der Waals surface area (Å²) in [6, 6.07) is 4.18. The lowest BCUT2D eigenvalue weighted by molar-refractivity contribution is -0.132. The van der Waals surface area contributed by atoms with Crippen LogP contribution in [0.3, 0.4) is 0 Å². The molecule has 3 heterocycles. The highest BCUT2D eigenvalue weighted by Crippen LogP contribution is 2.34. The average Bonchev–Trinajstić information content (AvgIpc) is 3.15. The molecule has 0 aromatic carbocycles. The molecule has 1 amide bonds. The number of nitrogens with zero attached hydrogens (tertiary/aromatic N) is 3. The molecule has 2 aromatic rings. The molecule has 1 fully saturated rings.